The quantitative estimate of drug-likeness (QED) is 0.907. The summed E-state index contributed by atoms with van der Waals surface area (Å²) in [5, 5.41) is 7.74. The van der Waals surface area contributed by atoms with Crippen LogP contribution < -0.4 is 10.9 Å². The first-order valence-electron chi connectivity index (χ1n) is 7.15. The molecule has 1 aliphatic heterocycles. The van der Waals surface area contributed by atoms with Gasteiger partial charge in [-0.15, -0.1) is 0 Å². The van der Waals surface area contributed by atoms with Crippen molar-refractivity contribution in [3.05, 3.63) is 21.6 Å². The summed E-state index contributed by atoms with van der Waals surface area (Å²) < 4.78 is 1.44. The first-order valence-corrected chi connectivity index (χ1v) is 8.68. The van der Waals surface area contributed by atoms with E-state index in [0.717, 1.165) is 6.54 Å². The maximum absolute atomic E-state index is 12.1. The minimum atomic E-state index is -0.204. The van der Waals surface area contributed by atoms with Crippen LogP contribution in [0.1, 0.15) is 26.7 Å². The van der Waals surface area contributed by atoms with E-state index in [0.29, 0.717) is 24.1 Å². The predicted octanol–water partition coefficient (Wildman–Crippen LogP) is 3.11. The molecule has 0 spiro atoms. The van der Waals surface area contributed by atoms with Crippen LogP contribution in [0.25, 0.3) is 0 Å². The van der Waals surface area contributed by atoms with Gasteiger partial charge in [0.1, 0.15) is 5.02 Å². The van der Waals surface area contributed by atoms with Crippen molar-refractivity contribution in [2.75, 3.05) is 23.4 Å². The van der Waals surface area contributed by atoms with Gasteiger partial charge in [0.15, 0.2) is 0 Å². The van der Waals surface area contributed by atoms with E-state index < -0.39 is 0 Å². The van der Waals surface area contributed by atoms with Crippen LogP contribution in [0, 0.1) is 11.8 Å². The Morgan fingerprint density at radius 3 is 2.85 bits per heavy atom. The van der Waals surface area contributed by atoms with Crippen molar-refractivity contribution in [3.8, 4) is 0 Å². The number of nitrogens with one attached hydrogen (secondary N) is 1. The van der Waals surface area contributed by atoms with E-state index in [9.17, 15) is 4.79 Å². The van der Waals surface area contributed by atoms with Gasteiger partial charge in [0, 0.05) is 13.1 Å². The van der Waals surface area contributed by atoms with E-state index >= 15 is 0 Å². The molecule has 1 saturated heterocycles. The number of halogens is 1. The van der Waals surface area contributed by atoms with Crippen molar-refractivity contribution >= 4 is 29.1 Å². The Labute approximate surface area is 129 Å². The number of nitrogens with zero attached hydrogens (tertiary/aromatic N) is 2. The van der Waals surface area contributed by atoms with Crippen molar-refractivity contribution < 1.29 is 0 Å². The highest BCUT2D eigenvalue weighted by atomic mass is 35.5. The number of anilines is 1. The smallest absolute Gasteiger partial charge is 0.287 e. The van der Waals surface area contributed by atoms with E-state index in [-0.39, 0.29) is 10.6 Å². The lowest BCUT2D eigenvalue weighted by Crippen LogP contribution is -2.27. The molecule has 0 saturated carbocycles. The fourth-order valence-corrected chi connectivity index (χ4v) is 3.69. The Kier molecular flexibility index (Phi) is 5.78. The van der Waals surface area contributed by atoms with E-state index in [2.05, 4.69) is 24.3 Å². The van der Waals surface area contributed by atoms with Crippen LogP contribution in [0.3, 0.4) is 0 Å². The third-order valence-electron chi connectivity index (χ3n) is 3.45. The van der Waals surface area contributed by atoms with Gasteiger partial charge in [-0.2, -0.15) is 16.9 Å². The summed E-state index contributed by atoms with van der Waals surface area (Å²) in [6, 6.07) is 0. The molecule has 2 heterocycles. The van der Waals surface area contributed by atoms with Crippen LogP contribution in [-0.2, 0) is 6.54 Å². The molecule has 0 unspecified atom stereocenters. The zero-order valence-corrected chi connectivity index (χ0v) is 13.6. The number of rotatable bonds is 5. The van der Waals surface area contributed by atoms with Crippen molar-refractivity contribution in [1.82, 2.24) is 9.78 Å². The molecule has 4 nitrogen and oxygen atoms in total. The monoisotopic (exact) mass is 315 g/mol. The Morgan fingerprint density at radius 1 is 1.50 bits per heavy atom. The van der Waals surface area contributed by atoms with Crippen LogP contribution in [0.4, 0.5) is 5.69 Å². The fourth-order valence-electron chi connectivity index (χ4n) is 2.27. The van der Waals surface area contributed by atoms with Crippen LogP contribution in [0.2, 0.25) is 5.02 Å². The zero-order chi connectivity index (χ0) is 14.5. The molecule has 0 bridgehead atoms. The number of thioether (sulfide) groups is 1. The third-order valence-corrected chi connectivity index (χ3v) is 4.86. The van der Waals surface area contributed by atoms with Crippen molar-refractivity contribution in [2.45, 2.75) is 33.2 Å². The van der Waals surface area contributed by atoms with Gasteiger partial charge in [-0.25, -0.2) is 4.68 Å². The van der Waals surface area contributed by atoms with Gasteiger partial charge in [0.2, 0.25) is 0 Å². The molecule has 2 rings (SSSR count). The highest BCUT2D eigenvalue weighted by Crippen LogP contribution is 2.24. The minimum absolute atomic E-state index is 0.204. The Bertz CT molecular complexity index is 498. The first-order chi connectivity index (χ1) is 9.58. The highest BCUT2D eigenvalue weighted by molar-refractivity contribution is 7.99. The Hall–Kier alpha value is -0.680. The zero-order valence-electron chi connectivity index (χ0n) is 12.1. The van der Waals surface area contributed by atoms with Crippen LogP contribution >= 0.6 is 23.4 Å². The summed E-state index contributed by atoms with van der Waals surface area (Å²) in [7, 11) is 0. The molecule has 6 heteroatoms. The molecule has 1 aromatic heterocycles. The third kappa shape index (κ3) is 4.16. The van der Waals surface area contributed by atoms with E-state index in [1.54, 1.807) is 6.20 Å². The average molecular weight is 316 g/mol. The van der Waals surface area contributed by atoms with Crippen LogP contribution in [-0.4, -0.2) is 27.8 Å². The van der Waals surface area contributed by atoms with Gasteiger partial charge in [-0.3, -0.25) is 4.79 Å². The topological polar surface area (TPSA) is 46.9 Å². The van der Waals surface area contributed by atoms with Crippen molar-refractivity contribution in [3.63, 3.8) is 0 Å². The van der Waals surface area contributed by atoms with Gasteiger partial charge in [-0.05, 0) is 36.2 Å². The molecule has 0 atom stereocenters. The first kappa shape index (κ1) is 15.7. The number of hydrogen-bond acceptors (Lipinski definition) is 4. The molecular formula is C14H22ClN3OS. The van der Waals surface area contributed by atoms with E-state index in [1.165, 1.54) is 29.0 Å². The van der Waals surface area contributed by atoms with Gasteiger partial charge in [-0.1, -0.05) is 25.4 Å². The normalized spacial score (nSPS) is 16.6. The van der Waals surface area contributed by atoms with Gasteiger partial charge >= 0.3 is 0 Å². The number of aromatic nitrogens is 2. The Morgan fingerprint density at radius 2 is 2.20 bits per heavy atom. The second kappa shape index (κ2) is 7.36. The molecule has 1 aromatic rings. The molecule has 1 aliphatic rings. The van der Waals surface area contributed by atoms with Crippen molar-refractivity contribution in [2.24, 2.45) is 11.8 Å². The average Bonchev–Trinajstić information content (AvgIpc) is 2.44. The lowest BCUT2D eigenvalue weighted by molar-refractivity contribution is 0.463. The summed E-state index contributed by atoms with van der Waals surface area (Å²) in [6.45, 7) is 5.57. The standard InChI is InChI=1S/C14H22ClN3OS/c1-10(2)9-18-14(19)13(15)12(8-17-18)16-7-11-3-5-20-6-4-11/h8,10-11,16H,3-7,9H2,1-2H3. The van der Waals surface area contributed by atoms with E-state index in [1.807, 2.05) is 11.8 Å². The maximum Gasteiger partial charge on any atom is 0.287 e. The fraction of sp³-hybridized carbons (Fsp3) is 0.714. The Balaban J connectivity index is 2.01. The lowest BCUT2D eigenvalue weighted by atomic mass is 10.0. The van der Waals surface area contributed by atoms with Crippen LogP contribution in [0.15, 0.2) is 11.0 Å². The molecule has 1 fully saturated rings. The summed E-state index contributed by atoms with van der Waals surface area (Å²) in [5.41, 5.74) is 0.458. The summed E-state index contributed by atoms with van der Waals surface area (Å²) in [5.74, 6) is 3.50. The molecule has 1 N–H and O–H groups in total. The van der Waals surface area contributed by atoms with Crippen molar-refractivity contribution in [1.29, 1.82) is 0 Å². The lowest BCUT2D eigenvalue weighted by Gasteiger charge is -2.22. The SMILES string of the molecule is CC(C)Cn1ncc(NCC2CCSCC2)c(Cl)c1=O. The summed E-state index contributed by atoms with van der Waals surface area (Å²) in [4.78, 5) is 12.1. The molecule has 112 valence electrons. The largest absolute Gasteiger partial charge is 0.382 e. The molecule has 0 aliphatic carbocycles. The molecule has 0 amide bonds. The molecule has 0 aromatic carbocycles. The van der Waals surface area contributed by atoms with E-state index in [4.69, 9.17) is 11.6 Å². The second-order valence-electron chi connectivity index (χ2n) is 5.69. The molecular weight excluding hydrogens is 294 g/mol. The predicted molar refractivity (Wildman–Crippen MR) is 86.9 cm³/mol. The van der Waals surface area contributed by atoms with Gasteiger partial charge < -0.3 is 5.32 Å². The number of hydrogen-bond donors (Lipinski definition) is 1. The van der Waals surface area contributed by atoms with Crippen LogP contribution in [0.5, 0.6) is 0 Å². The van der Waals surface area contributed by atoms with Gasteiger partial charge in [0.25, 0.3) is 5.56 Å². The van der Waals surface area contributed by atoms with Gasteiger partial charge in [0.05, 0.1) is 11.9 Å². The highest BCUT2D eigenvalue weighted by Gasteiger charge is 2.15. The maximum atomic E-state index is 12.1. The minimum Gasteiger partial charge on any atom is -0.382 e. The molecule has 0 radical (unpaired) electrons. The molecule has 20 heavy (non-hydrogen) atoms. The summed E-state index contributed by atoms with van der Waals surface area (Å²) >= 11 is 8.17. The second-order valence-corrected chi connectivity index (χ2v) is 7.29. The summed E-state index contributed by atoms with van der Waals surface area (Å²) in [6.07, 6.45) is 4.13.